The normalized spacial score (nSPS) is 11.5. The van der Waals surface area contributed by atoms with Crippen molar-refractivity contribution in [1.82, 2.24) is 0 Å². The predicted molar refractivity (Wildman–Crippen MR) is 69.9 cm³/mol. The van der Waals surface area contributed by atoms with Gasteiger partial charge < -0.3 is 15.2 Å². The maximum absolute atomic E-state index is 10.9. The van der Waals surface area contributed by atoms with Gasteiger partial charge in [0.2, 0.25) is 0 Å². The Morgan fingerprint density at radius 2 is 2.00 bits per heavy atom. The van der Waals surface area contributed by atoms with Crippen LogP contribution in [-0.2, 0) is 9.53 Å². The highest BCUT2D eigenvalue weighted by Crippen LogP contribution is 2.31. The average Bonchev–Trinajstić information content (AvgIpc) is 2.42. The van der Waals surface area contributed by atoms with Gasteiger partial charge in [0.25, 0.3) is 5.69 Å². The van der Waals surface area contributed by atoms with Crippen molar-refractivity contribution in [3.63, 3.8) is 0 Å². The van der Waals surface area contributed by atoms with Gasteiger partial charge in [-0.1, -0.05) is 0 Å². The number of nitro groups is 2. The first-order valence-corrected chi connectivity index (χ1v) is 5.78. The quantitative estimate of drug-likeness (QED) is 0.441. The van der Waals surface area contributed by atoms with Crippen LogP contribution in [0.4, 0.5) is 11.4 Å². The summed E-state index contributed by atoms with van der Waals surface area (Å²) in [6, 6.07) is 2.97. The lowest BCUT2D eigenvalue weighted by molar-refractivity contribution is -0.394. The molecule has 1 aromatic carbocycles. The van der Waals surface area contributed by atoms with Gasteiger partial charge in [0, 0.05) is 19.5 Å². The lowest BCUT2D eigenvalue weighted by Crippen LogP contribution is -2.31. The van der Waals surface area contributed by atoms with Crippen LogP contribution >= 0.6 is 0 Å². The monoisotopic (exact) mass is 299 g/mol. The highest BCUT2D eigenvalue weighted by molar-refractivity contribution is 5.66. The molecule has 0 bridgehead atoms. The highest BCUT2D eigenvalue weighted by Gasteiger charge is 2.22. The van der Waals surface area contributed by atoms with E-state index in [1.807, 2.05) is 0 Å². The first-order chi connectivity index (χ1) is 9.85. The number of nitro benzene ring substituents is 2. The first-order valence-electron chi connectivity index (χ1n) is 5.78. The molecule has 0 aliphatic heterocycles. The van der Waals surface area contributed by atoms with E-state index in [0.29, 0.717) is 0 Å². The van der Waals surface area contributed by atoms with Crippen LogP contribution in [0.1, 0.15) is 6.92 Å². The Kier molecular flexibility index (Phi) is 5.55. The van der Waals surface area contributed by atoms with Gasteiger partial charge in [-0.25, -0.2) is 0 Å². The number of nitrogens with two attached hydrogens (primary N) is 1. The SMILES string of the molecule is CC(=O)OC(CN)COc1ccc([N+](=O)[O-])cc1[N+](=O)[O-]. The lowest BCUT2D eigenvalue weighted by Gasteiger charge is -2.15. The van der Waals surface area contributed by atoms with Crippen LogP contribution < -0.4 is 10.5 Å². The van der Waals surface area contributed by atoms with Crippen LogP contribution in [0.25, 0.3) is 0 Å². The fourth-order valence-corrected chi connectivity index (χ4v) is 1.45. The number of benzene rings is 1. The van der Waals surface area contributed by atoms with Crippen molar-refractivity contribution < 1.29 is 24.1 Å². The Morgan fingerprint density at radius 3 is 2.48 bits per heavy atom. The van der Waals surface area contributed by atoms with Crippen molar-refractivity contribution in [2.75, 3.05) is 13.2 Å². The van der Waals surface area contributed by atoms with E-state index in [4.69, 9.17) is 15.2 Å². The molecule has 1 atom stereocenters. The number of non-ortho nitro benzene ring substituents is 1. The Labute approximate surface area is 118 Å². The summed E-state index contributed by atoms with van der Waals surface area (Å²) in [5.41, 5.74) is 4.39. The number of carbonyl (C=O) groups is 1. The van der Waals surface area contributed by atoms with E-state index >= 15 is 0 Å². The van der Waals surface area contributed by atoms with Gasteiger partial charge in [-0.3, -0.25) is 25.0 Å². The maximum Gasteiger partial charge on any atom is 0.317 e. The molecule has 0 saturated carbocycles. The van der Waals surface area contributed by atoms with Crippen LogP contribution in [-0.4, -0.2) is 35.1 Å². The standard InChI is InChI=1S/C11H13N3O7/c1-7(15)21-9(5-12)6-20-11-3-2-8(13(16)17)4-10(11)14(18)19/h2-4,9H,5-6,12H2,1H3. The Hall–Kier alpha value is -2.75. The van der Waals surface area contributed by atoms with E-state index in [-0.39, 0.29) is 18.9 Å². The molecule has 0 amide bonds. The summed E-state index contributed by atoms with van der Waals surface area (Å²) in [6.07, 6.45) is -0.766. The van der Waals surface area contributed by atoms with Gasteiger partial charge in [0.15, 0.2) is 5.75 Å². The van der Waals surface area contributed by atoms with E-state index in [1.54, 1.807) is 0 Å². The van der Waals surface area contributed by atoms with Gasteiger partial charge in [0.05, 0.1) is 15.9 Å². The zero-order valence-electron chi connectivity index (χ0n) is 11.1. The summed E-state index contributed by atoms with van der Waals surface area (Å²) in [6.45, 7) is 0.964. The van der Waals surface area contributed by atoms with Crippen molar-refractivity contribution in [2.24, 2.45) is 5.73 Å². The molecule has 0 aliphatic rings. The lowest BCUT2D eigenvalue weighted by atomic mass is 10.2. The topological polar surface area (TPSA) is 148 Å². The molecule has 0 fully saturated rings. The van der Waals surface area contributed by atoms with E-state index in [9.17, 15) is 25.0 Å². The molecule has 0 heterocycles. The second kappa shape index (κ2) is 7.14. The summed E-state index contributed by atoms with van der Waals surface area (Å²) < 4.78 is 9.98. The van der Waals surface area contributed by atoms with Gasteiger partial charge >= 0.3 is 11.7 Å². The number of rotatable bonds is 7. The smallest absolute Gasteiger partial charge is 0.317 e. The third kappa shape index (κ3) is 4.69. The van der Waals surface area contributed by atoms with Crippen molar-refractivity contribution in [3.8, 4) is 5.75 Å². The van der Waals surface area contributed by atoms with Crippen LogP contribution in [0.2, 0.25) is 0 Å². The molecule has 10 nitrogen and oxygen atoms in total. The second-order valence-electron chi connectivity index (χ2n) is 3.94. The average molecular weight is 299 g/mol. The molecule has 114 valence electrons. The van der Waals surface area contributed by atoms with Crippen LogP contribution in [0.5, 0.6) is 5.75 Å². The first kappa shape index (κ1) is 16.3. The minimum atomic E-state index is -0.800. The molecule has 21 heavy (non-hydrogen) atoms. The van der Waals surface area contributed by atoms with Gasteiger partial charge in [-0.15, -0.1) is 0 Å². The zero-order chi connectivity index (χ0) is 16.0. The van der Waals surface area contributed by atoms with Gasteiger partial charge in [-0.05, 0) is 6.07 Å². The van der Waals surface area contributed by atoms with Crippen molar-refractivity contribution >= 4 is 17.3 Å². The highest BCUT2D eigenvalue weighted by atomic mass is 16.6. The fourth-order valence-electron chi connectivity index (χ4n) is 1.45. The zero-order valence-corrected chi connectivity index (χ0v) is 11.1. The van der Waals surface area contributed by atoms with Crippen LogP contribution in [0.15, 0.2) is 18.2 Å². The third-order valence-electron chi connectivity index (χ3n) is 2.37. The molecular formula is C11H13N3O7. The van der Waals surface area contributed by atoms with Crippen LogP contribution in [0.3, 0.4) is 0 Å². The second-order valence-corrected chi connectivity index (χ2v) is 3.94. The fraction of sp³-hybridized carbons (Fsp3) is 0.364. The van der Waals surface area contributed by atoms with Crippen molar-refractivity contribution in [1.29, 1.82) is 0 Å². The summed E-state index contributed by atoms with van der Waals surface area (Å²) in [7, 11) is 0. The molecule has 10 heteroatoms. The molecule has 1 unspecified atom stereocenters. The molecule has 0 spiro atoms. The van der Waals surface area contributed by atoms with E-state index in [1.165, 1.54) is 6.92 Å². The molecule has 0 saturated heterocycles. The van der Waals surface area contributed by atoms with E-state index < -0.39 is 33.3 Å². The predicted octanol–water partition coefficient (Wildman–Crippen LogP) is 0.772. The molecule has 2 N–H and O–H groups in total. The number of nitrogens with zero attached hydrogens (tertiary/aromatic N) is 2. The Morgan fingerprint density at radius 1 is 1.33 bits per heavy atom. The molecule has 0 aromatic heterocycles. The molecule has 1 aromatic rings. The minimum Gasteiger partial charge on any atom is -0.483 e. The van der Waals surface area contributed by atoms with Gasteiger partial charge in [-0.2, -0.15) is 0 Å². The summed E-state index contributed by atoms with van der Waals surface area (Å²) >= 11 is 0. The number of esters is 1. The van der Waals surface area contributed by atoms with Crippen LogP contribution in [0, 0.1) is 20.2 Å². The van der Waals surface area contributed by atoms with Gasteiger partial charge in [0.1, 0.15) is 12.7 Å². The Bertz CT molecular complexity index is 561. The molecule has 0 aliphatic carbocycles. The van der Waals surface area contributed by atoms with E-state index in [2.05, 4.69) is 0 Å². The minimum absolute atomic E-state index is 0.0274. The number of hydrogen-bond donors (Lipinski definition) is 1. The summed E-state index contributed by atoms with van der Waals surface area (Å²) in [5, 5.41) is 21.5. The Balaban J connectivity index is 2.89. The van der Waals surface area contributed by atoms with Crippen molar-refractivity contribution in [3.05, 3.63) is 38.4 Å². The van der Waals surface area contributed by atoms with E-state index in [0.717, 1.165) is 18.2 Å². The number of carbonyl (C=O) groups excluding carboxylic acids is 1. The van der Waals surface area contributed by atoms with Crippen molar-refractivity contribution in [2.45, 2.75) is 13.0 Å². The molecule has 0 radical (unpaired) electrons. The number of ether oxygens (including phenoxy) is 2. The summed E-state index contributed by atoms with van der Waals surface area (Å²) in [5.74, 6) is -0.733. The molecular weight excluding hydrogens is 286 g/mol. The third-order valence-corrected chi connectivity index (χ3v) is 2.37. The molecule has 1 rings (SSSR count). The largest absolute Gasteiger partial charge is 0.483 e. The maximum atomic E-state index is 10.9. The number of hydrogen-bond acceptors (Lipinski definition) is 8. The summed E-state index contributed by atoms with van der Waals surface area (Å²) in [4.78, 5) is 30.7.